The minimum atomic E-state index is -0.986. The van der Waals surface area contributed by atoms with E-state index in [1.54, 1.807) is 6.92 Å². The van der Waals surface area contributed by atoms with E-state index in [4.69, 9.17) is 0 Å². The zero-order valence-corrected chi connectivity index (χ0v) is 8.98. The molecule has 0 saturated heterocycles. The van der Waals surface area contributed by atoms with E-state index in [1.165, 1.54) is 26.0 Å². The number of hydrogen-bond acceptors (Lipinski definition) is 5. The normalized spacial score (nSPS) is 12.2. The van der Waals surface area contributed by atoms with E-state index >= 15 is 0 Å². The Bertz CT molecular complexity index is 280. The van der Waals surface area contributed by atoms with Crippen molar-refractivity contribution >= 4 is 17.7 Å². The van der Waals surface area contributed by atoms with Crippen molar-refractivity contribution in [2.75, 3.05) is 0 Å². The molecule has 1 unspecified atom stereocenters. The lowest BCUT2D eigenvalue weighted by Crippen LogP contribution is -2.21. The van der Waals surface area contributed by atoms with Gasteiger partial charge in [-0.05, 0) is 13.8 Å². The molecule has 5 heteroatoms. The molecule has 0 rings (SSSR count). The van der Waals surface area contributed by atoms with Crippen LogP contribution in [0.5, 0.6) is 0 Å². The zero-order chi connectivity index (χ0) is 11.8. The van der Waals surface area contributed by atoms with Gasteiger partial charge in [0.2, 0.25) is 6.29 Å². The van der Waals surface area contributed by atoms with Gasteiger partial charge in [-0.3, -0.25) is 9.59 Å². The quantitative estimate of drug-likeness (QED) is 0.295. The van der Waals surface area contributed by atoms with E-state index in [9.17, 15) is 14.4 Å². The largest absolute Gasteiger partial charge is 0.425 e. The Kier molecular flexibility index (Phi) is 6.01. The second-order valence-electron chi connectivity index (χ2n) is 2.87. The first-order chi connectivity index (χ1) is 6.95. The van der Waals surface area contributed by atoms with Gasteiger partial charge in [-0.2, -0.15) is 0 Å². The molecule has 5 nitrogen and oxygen atoms in total. The summed E-state index contributed by atoms with van der Waals surface area (Å²) >= 11 is 0. The Morgan fingerprint density at radius 3 is 2.33 bits per heavy atom. The van der Waals surface area contributed by atoms with Crippen molar-refractivity contribution in [3.8, 4) is 0 Å². The summed E-state index contributed by atoms with van der Waals surface area (Å²) in [7, 11) is 0. The van der Waals surface area contributed by atoms with Crippen molar-refractivity contribution in [3.63, 3.8) is 0 Å². The molecule has 0 amide bonds. The maximum absolute atomic E-state index is 11.0. The number of esters is 2. The van der Waals surface area contributed by atoms with Crippen LogP contribution in [0.2, 0.25) is 0 Å². The van der Waals surface area contributed by atoms with Gasteiger partial charge in [-0.15, -0.1) is 0 Å². The number of carbonyl (C=O) groups excluding carboxylic acids is 3. The summed E-state index contributed by atoms with van der Waals surface area (Å²) in [5.41, 5.74) is 0. The van der Waals surface area contributed by atoms with Crippen molar-refractivity contribution in [3.05, 3.63) is 12.2 Å². The predicted octanol–water partition coefficient (Wildman–Crippen LogP) is 0.974. The number of hydrogen-bond donors (Lipinski definition) is 0. The average molecular weight is 214 g/mol. The molecular formula is C10H14O5. The summed E-state index contributed by atoms with van der Waals surface area (Å²) in [5, 5.41) is 0. The second-order valence-corrected chi connectivity index (χ2v) is 2.87. The molecule has 0 aliphatic carbocycles. The zero-order valence-electron chi connectivity index (χ0n) is 8.98. The molecule has 0 aromatic rings. The van der Waals surface area contributed by atoms with Crippen LogP contribution in [0.4, 0.5) is 0 Å². The van der Waals surface area contributed by atoms with E-state index in [0.717, 1.165) is 0 Å². The van der Waals surface area contributed by atoms with E-state index in [1.807, 2.05) is 0 Å². The Balaban J connectivity index is 3.92. The Labute approximate surface area is 88.0 Å². The lowest BCUT2D eigenvalue weighted by Gasteiger charge is -2.12. The van der Waals surface area contributed by atoms with Crippen LogP contribution in [0, 0.1) is 0 Å². The number of Topliss-reactive ketones (excluding diaryl/α,β-unsaturated/α-hetero) is 1. The highest BCUT2D eigenvalue weighted by atomic mass is 16.7. The van der Waals surface area contributed by atoms with Gasteiger partial charge in [0.1, 0.15) is 12.2 Å². The third-order valence-corrected chi connectivity index (χ3v) is 1.28. The van der Waals surface area contributed by atoms with Gasteiger partial charge in [0.05, 0.1) is 0 Å². The topological polar surface area (TPSA) is 69.7 Å². The summed E-state index contributed by atoms with van der Waals surface area (Å²) in [5.74, 6) is -1.60. The Hall–Kier alpha value is -1.65. The monoisotopic (exact) mass is 214 g/mol. The second kappa shape index (κ2) is 6.75. The third kappa shape index (κ3) is 7.42. The fourth-order valence-electron chi connectivity index (χ4n) is 0.793. The van der Waals surface area contributed by atoms with Gasteiger partial charge >= 0.3 is 11.9 Å². The number of ether oxygens (including phenoxy) is 2. The highest BCUT2D eigenvalue weighted by Crippen LogP contribution is 1.98. The summed E-state index contributed by atoms with van der Waals surface area (Å²) in [6.45, 7) is 4.34. The van der Waals surface area contributed by atoms with E-state index < -0.39 is 18.2 Å². The Morgan fingerprint density at radius 2 is 1.87 bits per heavy atom. The molecule has 0 fully saturated rings. The number of allylic oxidation sites excluding steroid dienone is 1. The maximum Gasteiger partial charge on any atom is 0.333 e. The SMILES string of the molecule is CC=CC(=O)OC(C)OC(=O)CC(C)=O. The molecular weight excluding hydrogens is 200 g/mol. The smallest absolute Gasteiger partial charge is 0.333 e. The van der Waals surface area contributed by atoms with Crippen molar-refractivity contribution in [2.24, 2.45) is 0 Å². The fraction of sp³-hybridized carbons (Fsp3) is 0.500. The molecule has 0 spiro atoms. The molecule has 0 aromatic carbocycles. The summed E-state index contributed by atoms with van der Waals surface area (Å²) in [6.07, 6.45) is 1.41. The number of rotatable bonds is 5. The molecule has 0 radical (unpaired) electrons. The van der Waals surface area contributed by atoms with Crippen molar-refractivity contribution in [1.29, 1.82) is 0 Å². The molecule has 0 aromatic heterocycles. The molecule has 0 aliphatic rings. The maximum atomic E-state index is 11.0. The standard InChI is InChI=1S/C10H14O5/c1-4-5-9(12)14-8(3)15-10(13)6-7(2)11/h4-5,8H,6H2,1-3H3. The predicted molar refractivity (Wildman–Crippen MR) is 51.8 cm³/mol. The van der Waals surface area contributed by atoms with Crippen molar-refractivity contribution in [2.45, 2.75) is 33.5 Å². The van der Waals surface area contributed by atoms with Gasteiger partial charge < -0.3 is 9.47 Å². The first kappa shape index (κ1) is 13.4. The van der Waals surface area contributed by atoms with Crippen LogP contribution in [-0.4, -0.2) is 24.0 Å². The first-order valence-corrected chi connectivity index (χ1v) is 4.48. The first-order valence-electron chi connectivity index (χ1n) is 4.48. The van der Waals surface area contributed by atoms with Crippen molar-refractivity contribution < 1.29 is 23.9 Å². The van der Waals surface area contributed by atoms with Crippen LogP contribution in [0.15, 0.2) is 12.2 Å². The summed E-state index contributed by atoms with van der Waals surface area (Å²) in [4.78, 5) is 32.4. The molecule has 0 heterocycles. The van der Waals surface area contributed by atoms with Crippen molar-refractivity contribution in [1.82, 2.24) is 0 Å². The van der Waals surface area contributed by atoms with Gasteiger partial charge in [0.15, 0.2) is 0 Å². The molecule has 0 aliphatic heterocycles. The molecule has 0 bridgehead atoms. The van der Waals surface area contributed by atoms with Crippen LogP contribution >= 0.6 is 0 Å². The molecule has 0 N–H and O–H groups in total. The van der Waals surface area contributed by atoms with Crippen LogP contribution in [0.1, 0.15) is 27.2 Å². The minimum absolute atomic E-state index is 0.299. The third-order valence-electron chi connectivity index (χ3n) is 1.28. The molecule has 84 valence electrons. The van der Waals surface area contributed by atoms with E-state index in [2.05, 4.69) is 9.47 Å². The summed E-state index contributed by atoms with van der Waals surface area (Å²) in [6, 6.07) is 0. The average Bonchev–Trinajstić information content (AvgIpc) is 2.00. The molecule has 1 atom stereocenters. The minimum Gasteiger partial charge on any atom is -0.425 e. The van der Waals surface area contributed by atoms with Crippen LogP contribution in [0.3, 0.4) is 0 Å². The van der Waals surface area contributed by atoms with E-state index in [-0.39, 0.29) is 12.2 Å². The highest BCUT2D eigenvalue weighted by Gasteiger charge is 2.13. The van der Waals surface area contributed by atoms with Crippen LogP contribution in [0.25, 0.3) is 0 Å². The highest BCUT2D eigenvalue weighted by molar-refractivity contribution is 5.94. The fourth-order valence-corrected chi connectivity index (χ4v) is 0.793. The number of carbonyl (C=O) groups is 3. The van der Waals surface area contributed by atoms with Gasteiger partial charge in [-0.25, -0.2) is 4.79 Å². The molecule has 0 saturated carbocycles. The van der Waals surface area contributed by atoms with Gasteiger partial charge in [-0.1, -0.05) is 6.08 Å². The lowest BCUT2D eigenvalue weighted by molar-refractivity contribution is -0.180. The van der Waals surface area contributed by atoms with Crippen LogP contribution in [-0.2, 0) is 23.9 Å². The molecule has 15 heavy (non-hydrogen) atoms. The Morgan fingerprint density at radius 1 is 1.27 bits per heavy atom. The van der Waals surface area contributed by atoms with Gasteiger partial charge in [0.25, 0.3) is 0 Å². The van der Waals surface area contributed by atoms with Gasteiger partial charge in [0, 0.05) is 13.0 Å². The lowest BCUT2D eigenvalue weighted by atomic mass is 10.3. The van der Waals surface area contributed by atoms with Crippen LogP contribution < -0.4 is 0 Å². The summed E-state index contributed by atoms with van der Waals surface area (Å²) < 4.78 is 9.30. The van der Waals surface area contributed by atoms with E-state index in [0.29, 0.717) is 0 Å². The number of ketones is 1.